The van der Waals surface area contributed by atoms with Crippen LogP contribution >= 0.6 is 23.8 Å². The van der Waals surface area contributed by atoms with E-state index in [1.165, 1.54) is 19.2 Å². The quantitative estimate of drug-likeness (QED) is 0.821. The van der Waals surface area contributed by atoms with E-state index in [1.54, 1.807) is 6.92 Å². The molecule has 0 radical (unpaired) electrons. The Hall–Kier alpha value is -1.20. The van der Waals surface area contributed by atoms with Gasteiger partial charge in [0.15, 0.2) is 5.05 Å². The second-order valence-corrected chi connectivity index (χ2v) is 6.06. The summed E-state index contributed by atoms with van der Waals surface area (Å²) >= 11 is 11.0. The van der Waals surface area contributed by atoms with Gasteiger partial charge in [-0.3, -0.25) is 4.79 Å². The van der Waals surface area contributed by atoms with Crippen LogP contribution in [0.1, 0.15) is 26.3 Å². The van der Waals surface area contributed by atoms with Gasteiger partial charge in [0.2, 0.25) is 5.91 Å². The summed E-state index contributed by atoms with van der Waals surface area (Å²) in [5.74, 6) is -0.854. The molecule has 1 N–H and O–H groups in total. The number of hydrogen-bond acceptors (Lipinski definition) is 3. The molecule has 0 aliphatic heterocycles. The van der Waals surface area contributed by atoms with Crippen molar-refractivity contribution in [1.29, 1.82) is 0 Å². The van der Waals surface area contributed by atoms with Gasteiger partial charge in [-0.2, -0.15) is 0 Å². The Kier molecular flexibility index (Phi) is 6.55. The zero-order valence-electron chi connectivity index (χ0n) is 12.5. The molecule has 21 heavy (non-hydrogen) atoms. The number of methoxy groups -OCH3 is 1. The Morgan fingerprint density at radius 3 is 2.57 bits per heavy atom. The van der Waals surface area contributed by atoms with E-state index < -0.39 is 5.82 Å². The predicted octanol–water partition coefficient (Wildman–Crippen LogP) is 4.23. The third-order valence-electron chi connectivity index (χ3n) is 3.37. The number of halogens is 2. The number of carbonyl (C=O) groups is 1. The zero-order chi connectivity index (χ0) is 16.2. The minimum Gasteiger partial charge on any atom is -0.490 e. The largest absolute Gasteiger partial charge is 0.490 e. The summed E-state index contributed by atoms with van der Waals surface area (Å²) in [6.45, 7) is 5.67. The number of ether oxygens (including phenoxy) is 1. The van der Waals surface area contributed by atoms with E-state index in [9.17, 15) is 9.18 Å². The SMILES string of the molecule is COC(=S)Cc1cc(NC(=O)C(C)C(C)C)c(F)cc1Cl. The van der Waals surface area contributed by atoms with Crippen molar-refractivity contribution in [3.05, 3.63) is 28.5 Å². The number of hydrogen-bond donors (Lipinski definition) is 1. The minimum absolute atomic E-state index is 0.103. The molecule has 0 heterocycles. The normalized spacial score (nSPS) is 12.1. The number of benzene rings is 1. The van der Waals surface area contributed by atoms with Crippen LogP contribution in [0.4, 0.5) is 10.1 Å². The van der Waals surface area contributed by atoms with Gasteiger partial charge in [-0.15, -0.1) is 0 Å². The van der Waals surface area contributed by atoms with Crippen LogP contribution in [0.2, 0.25) is 5.02 Å². The molecule has 6 heteroatoms. The first kappa shape index (κ1) is 17.9. The lowest BCUT2D eigenvalue weighted by Gasteiger charge is -2.16. The van der Waals surface area contributed by atoms with E-state index in [0.717, 1.165) is 0 Å². The highest BCUT2D eigenvalue weighted by atomic mass is 35.5. The molecule has 0 saturated carbocycles. The third-order valence-corrected chi connectivity index (χ3v) is 4.03. The molecule has 0 bridgehead atoms. The van der Waals surface area contributed by atoms with Crippen LogP contribution < -0.4 is 5.32 Å². The molecule has 0 fully saturated rings. The topological polar surface area (TPSA) is 38.3 Å². The molecule has 116 valence electrons. The Bertz CT molecular complexity index is 549. The van der Waals surface area contributed by atoms with Crippen LogP contribution in [0.5, 0.6) is 0 Å². The predicted molar refractivity (Wildman–Crippen MR) is 87.4 cm³/mol. The molecule has 0 aliphatic carbocycles. The van der Waals surface area contributed by atoms with Gasteiger partial charge in [0.05, 0.1) is 12.8 Å². The maximum atomic E-state index is 13.9. The molecule has 1 unspecified atom stereocenters. The highest BCUT2D eigenvalue weighted by molar-refractivity contribution is 7.80. The summed E-state index contributed by atoms with van der Waals surface area (Å²) in [5, 5.41) is 3.19. The Balaban J connectivity index is 2.99. The van der Waals surface area contributed by atoms with Crippen molar-refractivity contribution in [3.63, 3.8) is 0 Å². The summed E-state index contributed by atoms with van der Waals surface area (Å²) in [7, 11) is 1.47. The van der Waals surface area contributed by atoms with Crippen molar-refractivity contribution in [2.75, 3.05) is 12.4 Å². The highest BCUT2D eigenvalue weighted by Crippen LogP contribution is 2.26. The average molecular weight is 332 g/mol. The van der Waals surface area contributed by atoms with E-state index in [0.29, 0.717) is 10.6 Å². The van der Waals surface area contributed by atoms with Crippen molar-refractivity contribution in [2.45, 2.75) is 27.2 Å². The molecule has 1 amide bonds. The van der Waals surface area contributed by atoms with Crippen LogP contribution in [0.25, 0.3) is 0 Å². The maximum absolute atomic E-state index is 13.9. The van der Waals surface area contributed by atoms with E-state index in [-0.39, 0.29) is 34.9 Å². The standard InChI is InChI=1S/C15H19ClFNO2S/c1-8(2)9(3)15(19)18-13-5-10(6-14(21)20-4)11(16)7-12(13)17/h5,7-9H,6H2,1-4H3,(H,18,19). The molecule has 1 atom stereocenters. The molecule has 3 nitrogen and oxygen atoms in total. The zero-order valence-corrected chi connectivity index (χ0v) is 14.1. The lowest BCUT2D eigenvalue weighted by Crippen LogP contribution is -2.25. The van der Waals surface area contributed by atoms with Gasteiger partial charge in [0.1, 0.15) is 5.82 Å². The van der Waals surface area contributed by atoms with Crippen LogP contribution in [0.15, 0.2) is 12.1 Å². The second kappa shape index (κ2) is 7.71. The number of carbonyl (C=O) groups excluding carboxylic acids is 1. The lowest BCUT2D eigenvalue weighted by atomic mass is 9.97. The number of rotatable bonds is 5. The monoisotopic (exact) mass is 331 g/mol. The first-order valence-electron chi connectivity index (χ1n) is 6.61. The van der Waals surface area contributed by atoms with Gasteiger partial charge in [-0.25, -0.2) is 4.39 Å². The van der Waals surface area contributed by atoms with Crippen LogP contribution in [-0.4, -0.2) is 18.1 Å². The minimum atomic E-state index is -0.573. The van der Waals surface area contributed by atoms with Crippen LogP contribution in [0, 0.1) is 17.7 Å². The van der Waals surface area contributed by atoms with Gasteiger partial charge >= 0.3 is 0 Å². The summed E-state index contributed by atoms with van der Waals surface area (Å²) in [4.78, 5) is 12.0. The van der Waals surface area contributed by atoms with Gasteiger partial charge in [0, 0.05) is 17.4 Å². The van der Waals surface area contributed by atoms with Gasteiger partial charge < -0.3 is 10.1 Å². The summed E-state index contributed by atoms with van der Waals surface area (Å²) in [6, 6.07) is 2.67. The number of thiocarbonyl (C=S) groups is 1. The molecule has 0 aromatic heterocycles. The number of amides is 1. The highest BCUT2D eigenvalue weighted by Gasteiger charge is 2.19. The van der Waals surface area contributed by atoms with Crippen molar-refractivity contribution in [3.8, 4) is 0 Å². The van der Waals surface area contributed by atoms with E-state index in [4.69, 9.17) is 28.6 Å². The Morgan fingerprint density at radius 2 is 2.05 bits per heavy atom. The summed E-state index contributed by atoms with van der Waals surface area (Å²) in [6.07, 6.45) is 0.285. The Labute approximate surface area is 134 Å². The third kappa shape index (κ3) is 4.93. The van der Waals surface area contributed by atoms with Crippen molar-refractivity contribution >= 4 is 40.5 Å². The van der Waals surface area contributed by atoms with Crippen LogP contribution in [0.3, 0.4) is 0 Å². The van der Waals surface area contributed by atoms with Crippen LogP contribution in [-0.2, 0) is 16.0 Å². The molecule has 1 aromatic carbocycles. The first-order valence-corrected chi connectivity index (χ1v) is 7.40. The lowest BCUT2D eigenvalue weighted by molar-refractivity contribution is -0.120. The molecule has 0 aliphatic rings. The summed E-state index contributed by atoms with van der Waals surface area (Å²) < 4.78 is 18.8. The van der Waals surface area contributed by atoms with E-state index in [2.05, 4.69) is 5.32 Å². The number of nitrogens with one attached hydrogen (secondary N) is 1. The van der Waals surface area contributed by atoms with Gasteiger partial charge in [0.25, 0.3) is 0 Å². The van der Waals surface area contributed by atoms with Crippen molar-refractivity contribution < 1.29 is 13.9 Å². The fourth-order valence-electron chi connectivity index (χ4n) is 1.60. The van der Waals surface area contributed by atoms with Gasteiger partial charge in [-0.1, -0.05) is 32.4 Å². The second-order valence-electron chi connectivity index (χ2n) is 5.20. The molecule has 1 aromatic rings. The van der Waals surface area contributed by atoms with Gasteiger partial charge in [-0.05, 0) is 35.8 Å². The molecular weight excluding hydrogens is 313 g/mol. The van der Waals surface area contributed by atoms with Crippen molar-refractivity contribution in [1.82, 2.24) is 0 Å². The molecule has 0 spiro atoms. The molecule has 1 rings (SSSR count). The maximum Gasteiger partial charge on any atom is 0.227 e. The molecular formula is C15H19ClFNO2S. The Morgan fingerprint density at radius 1 is 1.43 bits per heavy atom. The average Bonchev–Trinajstić information content (AvgIpc) is 2.42. The van der Waals surface area contributed by atoms with E-state index >= 15 is 0 Å². The smallest absolute Gasteiger partial charge is 0.227 e. The summed E-state index contributed by atoms with van der Waals surface area (Å²) in [5.41, 5.74) is 0.711. The number of anilines is 1. The first-order chi connectivity index (χ1) is 9.76. The fraction of sp³-hybridized carbons (Fsp3) is 0.467. The molecule has 0 saturated heterocycles. The van der Waals surface area contributed by atoms with E-state index in [1.807, 2.05) is 13.8 Å². The fourth-order valence-corrected chi connectivity index (χ4v) is 1.97. The van der Waals surface area contributed by atoms with Crippen molar-refractivity contribution in [2.24, 2.45) is 11.8 Å².